The van der Waals surface area contributed by atoms with Crippen LogP contribution in [0.5, 0.6) is 5.75 Å². The van der Waals surface area contributed by atoms with Crippen molar-refractivity contribution in [3.63, 3.8) is 0 Å². The van der Waals surface area contributed by atoms with Crippen molar-refractivity contribution in [2.45, 2.75) is 12.6 Å². The van der Waals surface area contributed by atoms with Crippen LogP contribution < -0.4 is 15.4 Å². The molecule has 0 radical (unpaired) electrons. The molecule has 0 spiro atoms. The molecule has 6 nitrogen and oxygen atoms in total. The number of para-hydroxylation sites is 1. The lowest BCUT2D eigenvalue weighted by Gasteiger charge is -2.27. The Morgan fingerprint density at radius 2 is 1.79 bits per heavy atom. The van der Waals surface area contributed by atoms with Crippen molar-refractivity contribution in [2.75, 3.05) is 40.8 Å². The number of aliphatic hydroxyl groups excluding tert-OH is 1. The molecule has 2 aromatic rings. The zero-order valence-electron chi connectivity index (χ0n) is 16.9. The van der Waals surface area contributed by atoms with Crippen LogP contribution in [0.3, 0.4) is 0 Å². The summed E-state index contributed by atoms with van der Waals surface area (Å²) in [5.74, 6) is 0.558. The zero-order valence-corrected chi connectivity index (χ0v) is 16.9. The van der Waals surface area contributed by atoms with Gasteiger partial charge in [0.15, 0.2) is 6.61 Å². The summed E-state index contributed by atoms with van der Waals surface area (Å²) >= 11 is 0. The molecule has 0 saturated heterocycles. The molecule has 0 bridgehead atoms. The summed E-state index contributed by atoms with van der Waals surface area (Å²) in [5, 5.41) is 16.8. The summed E-state index contributed by atoms with van der Waals surface area (Å²) in [7, 11) is 5.60. The van der Waals surface area contributed by atoms with Crippen molar-refractivity contribution < 1.29 is 14.6 Å². The number of hydrogen-bond acceptors (Lipinski definition) is 5. The SMILES string of the molecule is CNC(=O)COc1ccccc1CNC[C@H](CN(C)C)[C@H](O)c1ccccc1. The normalized spacial score (nSPS) is 13.2. The molecule has 152 valence electrons. The summed E-state index contributed by atoms with van der Waals surface area (Å²) in [6.45, 7) is 1.99. The Morgan fingerprint density at radius 3 is 2.46 bits per heavy atom. The van der Waals surface area contributed by atoms with Gasteiger partial charge in [-0.3, -0.25) is 4.79 Å². The smallest absolute Gasteiger partial charge is 0.257 e. The first-order valence-corrected chi connectivity index (χ1v) is 9.51. The van der Waals surface area contributed by atoms with Crippen LogP contribution in [0.1, 0.15) is 17.2 Å². The van der Waals surface area contributed by atoms with Crippen molar-refractivity contribution in [3.05, 3.63) is 65.7 Å². The summed E-state index contributed by atoms with van der Waals surface area (Å²) in [5.41, 5.74) is 1.90. The Morgan fingerprint density at radius 1 is 1.11 bits per heavy atom. The molecular weight excluding hydrogens is 354 g/mol. The van der Waals surface area contributed by atoms with Crippen LogP contribution in [0, 0.1) is 5.92 Å². The topological polar surface area (TPSA) is 73.8 Å². The number of nitrogens with zero attached hydrogens (tertiary/aromatic N) is 1. The molecular formula is C22H31N3O3. The van der Waals surface area contributed by atoms with Gasteiger partial charge in [0.2, 0.25) is 0 Å². The minimum atomic E-state index is -0.546. The van der Waals surface area contributed by atoms with Crippen molar-refractivity contribution in [3.8, 4) is 5.75 Å². The highest BCUT2D eigenvalue weighted by Gasteiger charge is 2.21. The number of benzene rings is 2. The number of amides is 1. The van der Waals surface area contributed by atoms with Crippen LogP contribution in [0.4, 0.5) is 0 Å². The Labute approximate surface area is 167 Å². The number of likely N-dealkylation sites (N-methyl/N-ethyl adjacent to an activating group) is 1. The van der Waals surface area contributed by atoms with E-state index >= 15 is 0 Å². The third kappa shape index (κ3) is 6.96. The van der Waals surface area contributed by atoms with Gasteiger partial charge in [-0.15, -0.1) is 0 Å². The summed E-state index contributed by atoms with van der Waals surface area (Å²) in [6.07, 6.45) is -0.546. The number of hydrogen-bond donors (Lipinski definition) is 3. The van der Waals surface area contributed by atoms with Crippen LogP contribution in [-0.2, 0) is 11.3 Å². The molecule has 6 heteroatoms. The Balaban J connectivity index is 1.97. The van der Waals surface area contributed by atoms with Crippen molar-refractivity contribution in [1.82, 2.24) is 15.5 Å². The molecule has 0 aliphatic rings. The first-order valence-electron chi connectivity index (χ1n) is 9.51. The summed E-state index contributed by atoms with van der Waals surface area (Å²) in [6, 6.07) is 17.4. The molecule has 3 N–H and O–H groups in total. The van der Waals surface area contributed by atoms with E-state index in [0.29, 0.717) is 18.8 Å². The molecule has 2 aromatic carbocycles. The van der Waals surface area contributed by atoms with E-state index in [1.165, 1.54) is 0 Å². The van der Waals surface area contributed by atoms with Crippen molar-refractivity contribution >= 4 is 5.91 Å². The van der Waals surface area contributed by atoms with Gasteiger partial charge >= 0.3 is 0 Å². The molecule has 0 fully saturated rings. The lowest BCUT2D eigenvalue weighted by atomic mass is 9.95. The third-order valence-corrected chi connectivity index (χ3v) is 4.52. The molecule has 0 unspecified atom stereocenters. The Bertz CT molecular complexity index is 722. The fourth-order valence-electron chi connectivity index (χ4n) is 3.07. The van der Waals surface area contributed by atoms with Gasteiger partial charge in [-0.05, 0) is 25.7 Å². The fourth-order valence-corrected chi connectivity index (χ4v) is 3.07. The second kappa shape index (κ2) is 11.4. The molecule has 2 rings (SSSR count). The maximum Gasteiger partial charge on any atom is 0.257 e. The highest BCUT2D eigenvalue weighted by atomic mass is 16.5. The number of nitrogens with one attached hydrogen (secondary N) is 2. The van der Waals surface area contributed by atoms with Crippen LogP contribution in [0.25, 0.3) is 0 Å². The number of carbonyl (C=O) groups is 1. The number of rotatable bonds is 11. The van der Waals surface area contributed by atoms with Gasteiger partial charge in [-0.25, -0.2) is 0 Å². The molecule has 0 aliphatic heterocycles. The minimum absolute atomic E-state index is 0.0104. The number of aliphatic hydroxyl groups is 1. The van der Waals surface area contributed by atoms with E-state index in [9.17, 15) is 9.90 Å². The predicted octanol–water partition coefficient (Wildman–Crippen LogP) is 1.81. The summed E-state index contributed by atoms with van der Waals surface area (Å²) in [4.78, 5) is 13.5. The second-order valence-electron chi connectivity index (χ2n) is 7.08. The average molecular weight is 386 g/mol. The standard InChI is InChI=1S/C22H31N3O3/c1-23-21(26)16-28-20-12-8-7-11-18(20)13-24-14-19(15-25(2)3)22(27)17-9-5-4-6-10-17/h4-12,19,22,24,27H,13-16H2,1-3H3,(H,23,26)/t19-,22-/m1/s1. The molecule has 0 heterocycles. The van der Waals surface area contributed by atoms with Crippen LogP contribution in [0.15, 0.2) is 54.6 Å². The van der Waals surface area contributed by atoms with E-state index in [4.69, 9.17) is 4.74 Å². The van der Waals surface area contributed by atoms with Crippen LogP contribution >= 0.6 is 0 Å². The van der Waals surface area contributed by atoms with Gasteiger partial charge in [-0.2, -0.15) is 0 Å². The fraction of sp³-hybridized carbons (Fsp3) is 0.409. The van der Waals surface area contributed by atoms with E-state index < -0.39 is 6.10 Å². The first kappa shape index (κ1) is 21.9. The first-order chi connectivity index (χ1) is 13.5. The van der Waals surface area contributed by atoms with E-state index in [-0.39, 0.29) is 18.4 Å². The Hall–Kier alpha value is -2.41. The Kier molecular flexibility index (Phi) is 8.94. The van der Waals surface area contributed by atoms with E-state index in [0.717, 1.165) is 17.7 Å². The maximum atomic E-state index is 11.4. The van der Waals surface area contributed by atoms with Crippen molar-refractivity contribution in [1.29, 1.82) is 0 Å². The molecule has 1 amide bonds. The van der Waals surface area contributed by atoms with Gasteiger partial charge in [0.1, 0.15) is 5.75 Å². The largest absolute Gasteiger partial charge is 0.483 e. The molecule has 0 aliphatic carbocycles. The van der Waals surface area contributed by atoms with Gasteiger partial charge < -0.3 is 25.4 Å². The van der Waals surface area contributed by atoms with E-state index in [1.807, 2.05) is 68.7 Å². The van der Waals surface area contributed by atoms with E-state index in [1.54, 1.807) is 7.05 Å². The van der Waals surface area contributed by atoms with Gasteiger partial charge in [0, 0.05) is 38.2 Å². The molecule has 0 saturated carbocycles. The number of carbonyl (C=O) groups excluding carboxylic acids is 1. The van der Waals surface area contributed by atoms with Crippen LogP contribution in [-0.4, -0.2) is 56.8 Å². The maximum absolute atomic E-state index is 11.4. The summed E-state index contributed by atoms with van der Waals surface area (Å²) < 4.78 is 5.62. The monoisotopic (exact) mass is 385 g/mol. The quantitative estimate of drug-likeness (QED) is 0.550. The lowest BCUT2D eigenvalue weighted by molar-refractivity contribution is -0.122. The average Bonchev–Trinajstić information content (AvgIpc) is 2.71. The lowest BCUT2D eigenvalue weighted by Crippen LogP contribution is -2.34. The van der Waals surface area contributed by atoms with E-state index in [2.05, 4.69) is 15.5 Å². The zero-order chi connectivity index (χ0) is 20.4. The van der Waals surface area contributed by atoms with Crippen LogP contribution in [0.2, 0.25) is 0 Å². The van der Waals surface area contributed by atoms with Gasteiger partial charge in [-0.1, -0.05) is 48.5 Å². The highest BCUT2D eigenvalue weighted by Crippen LogP contribution is 2.23. The minimum Gasteiger partial charge on any atom is -0.483 e. The van der Waals surface area contributed by atoms with Gasteiger partial charge in [0.05, 0.1) is 6.10 Å². The van der Waals surface area contributed by atoms with Crippen molar-refractivity contribution in [2.24, 2.45) is 5.92 Å². The highest BCUT2D eigenvalue weighted by molar-refractivity contribution is 5.77. The third-order valence-electron chi connectivity index (χ3n) is 4.52. The van der Waals surface area contributed by atoms with Gasteiger partial charge in [0.25, 0.3) is 5.91 Å². The predicted molar refractivity (Wildman–Crippen MR) is 111 cm³/mol. The molecule has 0 aromatic heterocycles. The molecule has 2 atom stereocenters. The molecule has 28 heavy (non-hydrogen) atoms. The number of ether oxygens (including phenoxy) is 1. The second-order valence-corrected chi connectivity index (χ2v) is 7.08.